The highest BCUT2D eigenvalue weighted by molar-refractivity contribution is 6.13. The fourth-order valence-electron chi connectivity index (χ4n) is 3.35. The highest BCUT2D eigenvalue weighted by atomic mass is 16.2. The summed E-state index contributed by atoms with van der Waals surface area (Å²) in [6, 6.07) is 15.0. The number of nitrogens with zero attached hydrogens (tertiary/aromatic N) is 2. The number of carbonyl (C=O) groups is 1. The third-order valence-corrected chi connectivity index (χ3v) is 4.86. The zero-order chi connectivity index (χ0) is 18.3. The van der Waals surface area contributed by atoms with Gasteiger partial charge in [0.25, 0.3) is 11.5 Å². The van der Waals surface area contributed by atoms with Crippen LogP contribution in [0.15, 0.2) is 53.3 Å². The summed E-state index contributed by atoms with van der Waals surface area (Å²) in [4.78, 5) is 27.1. The summed E-state index contributed by atoms with van der Waals surface area (Å²) >= 11 is 0. The molecule has 4 rings (SSSR count). The van der Waals surface area contributed by atoms with Crippen molar-refractivity contribution < 1.29 is 4.79 Å². The summed E-state index contributed by atoms with van der Waals surface area (Å²) in [5, 5.41) is 11.1. The van der Waals surface area contributed by atoms with Gasteiger partial charge in [0.15, 0.2) is 5.69 Å². The minimum Gasteiger partial charge on any atom is -0.379 e. The number of para-hydroxylation sites is 2. The van der Waals surface area contributed by atoms with Crippen LogP contribution in [0, 0.1) is 5.92 Å². The molecule has 1 amide bonds. The Hall–Kier alpha value is -3.15. The molecule has 6 heteroatoms. The molecule has 0 unspecified atom stereocenters. The van der Waals surface area contributed by atoms with Crippen LogP contribution in [0.25, 0.3) is 10.8 Å². The summed E-state index contributed by atoms with van der Waals surface area (Å²) in [5.74, 6) is 0.149. The Balaban J connectivity index is 1.84. The number of rotatable bonds is 2. The van der Waals surface area contributed by atoms with E-state index in [-0.39, 0.29) is 23.2 Å². The van der Waals surface area contributed by atoms with Crippen molar-refractivity contribution in [2.45, 2.75) is 19.9 Å². The lowest BCUT2D eigenvalue weighted by Crippen LogP contribution is -2.47. The number of nitrogens with one attached hydrogen (secondary N) is 2. The second-order valence-electron chi connectivity index (χ2n) is 6.87. The first-order valence-corrected chi connectivity index (χ1v) is 8.71. The summed E-state index contributed by atoms with van der Waals surface area (Å²) in [6.45, 7) is 4.80. The number of carbonyl (C=O) groups excluding carboxylic acids is 1. The van der Waals surface area contributed by atoms with E-state index in [4.69, 9.17) is 0 Å². The first-order valence-electron chi connectivity index (χ1n) is 8.71. The quantitative estimate of drug-likeness (QED) is 0.746. The summed E-state index contributed by atoms with van der Waals surface area (Å²) < 4.78 is 0. The van der Waals surface area contributed by atoms with Gasteiger partial charge in [-0.2, -0.15) is 5.10 Å². The Morgan fingerprint density at radius 3 is 2.58 bits per heavy atom. The minimum atomic E-state index is -0.294. The number of anilines is 2. The Labute approximate surface area is 150 Å². The fraction of sp³-hybridized carbons (Fsp3) is 0.250. The number of amides is 1. The van der Waals surface area contributed by atoms with E-state index in [1.807, 2.05) is 30.3 Å². The van der Waals surface area contributed by atoms with Crippen LogP contribution in [-0.4, -0.2) is 28.7 Å². The molecule has 0 bridgehead atoms. The van der Waals surface area contributed by atoms with Crippen molar-refractivity contribution in [2.24, 2.45) is 5.92 Å². The van der Waals surface area contributed by atoms with E-state index in [9.17, 15) is 9.59 Å². The van der Waals surface area contributed by atoms with Crippen LogP contribution >= 0.6 is 0 Å². The molecule has 2 heterocycles. The lowest BCUT2D eigenvalue weighted by molar-refractivity contribution is 0.0979. The molecule has 6 nitrogen and oxygen atoms in total. The standard InChI is InChI=1S/C20H20N4O2/c1-12(2)16-11-24(17-10-6-5-9-15(17)21-16)20(26)18-13-7-3-4-8-14(13)19(25)23-22-18/h3-10,12,16,21H,11H2,1-2H3,(H,23,25)/t16-/m0/s1. The molecule has 0 radical (unpaired) electrons. The Morgan fingerprint density at radius 2 is 1.81 bits per heavy atom. The van der Waals surface area contributed by atoms with Gasteiger partial charge in [-0.15, -0.1) is 0 Å². The number of aromatic nitrogens is 2. The van der Waals surface area contributed by atoms with E-state index in [1.54, 1.807) is 23.1 Å². The van der Waals surface area contributed by atoms with Crippen LogP contribution in [0.3, 0.4) is 0 Å². The number of hydrogen-bond donors (Lipinski definition) is 2. The summed E-state index contributed by atoms with van der Waals surface area (Å²) in [6.07, 6.45) is 0. The van der Waals surface area contributed by atoms with Crippen LogP contribution in [0.1, 0.15) is 24.3 Å². The number of benzene rings is 2. The third kappa shape index (κ3) is 2.63. The molecule has 3 aromatic rings. The van der Waals surface area contributed by atoms with Gasteiger partial charge in [-0.3, -0.25) is 9.59 Å². The molecule has 132 valence electrons. The molecule has 0 saturated heterocycles. The molecule has 0 spiro atoms. The van der Waals surface area contributed by atoms with Crippen molar-refractivity contribution in [3.05, 3.63) is 64.6 Å². The molecule has 2 N–H and O–H groups in total. The lowest BCUT2D eigenvalue weighted by atomic mass is 9.99. The van der Waals surface area contributed by atoms with Crippen LogP contribution in [0.5, 0.6) is 0 Å². The Kier molecular flexibility index (Phi) is 3.95. The lowest BCUT2D eigenvalue weighted by Gasteiger charge is -2.37. The van der Waals surface area contributed by atoms with Gasteiger partial charge >= 0.3 is 0 Å². The van der Waals surface area contributed by atoms with Gasteiger partial charge in [0, 0.05) is 18.0 Å². The van der Waals surface area contributed by atoms with Crippen molar-refractivity contribution in [3.63, 3.8) is 0 Å². The van der Waals surface area contributed by atoms with Gasteiger partial charge in [0.05, 0.1) is 16.8 Å². The summed E-state index contributed by atoms with van der Waals surface area (Å²) in [5.41, 5.74) is 1.73. The average Bonchev–Trinajstić information content (AvgIpc) is 2.67. The molecular formula is C20H20N4O2. The van der Waals surface area contributed by atoms with Gasteiger partial charge in [-0.1, -0.05) is 44.2 Å². The van der Waals surface area contributed by atoms with Crippen LogP contribution in [0.4, 0.5) is 11.4 Å². The van der Waals surface area contributed by atoms with E-state index in [0.29, 0.717) is 23.2 Å². The maximum atomic E-state index is 13.4. The topological polar surface area (TPSA) is 78.1 Å². The van der Waals surface area contributed by atoms with Crippen molar-refractivity contribution in [3.8, 4) is 0 Å². The molecule has 1 aliphatic rings. The van der Waals surface area contributed by atoms with Gasteiger partial charge < -0.3 is 10.2 Å². The van der Waals surface area contributed by atoms with Crippen LogP contribution in [-0.2, 0) is 0 Å². The monoisotopic (exact) mass is 348 g/mol. The number of hydrogen-bond acceptors (Lipinski definition) is 4. The SMILES string of the molecule is CC(C)[C@@H]1CN(C(=O)c2n[nH]c(=O)c3ccccc23)c2ccccc2N1. The van der Waals surface area contributed by atoms with Crippen molar-refractivity contribution in [1.29, 1.82) is 0 Å². The molecule has 0 saturated carbocycles. The van der Waals surface area contributed by atoms with E-state index in [1.165, 1.54) is 0 Å². The smallest absolute Gasteiger partial charge is 0.279 e. The van der Waals surface area contributed by atoms with E-state index in [2.05, 4.69) is 29.4 Å². The first kappa shape index (κ1) is 16.3. The highest BCUT2D eigenvalue weighted by Crippen LogP contribution is 2.33. The van der Waals surface area contributed by atoms with Crippen LogP contribution < -0.4 is 15.8 Å². The molecule has 1 atom stereocenters. The van der Waals surface area contributed by atoms with Crippen molar-refractivity contribution in [1.82, 2.24) is 10.2 Å². The molecule has 1 aromatic heterocycles. The first-order chi connectivity index (χ1) is 12.6. The van der Waals surface area contributed by atoms with E-state index < -0.39 is 0 Å². The third-order valence-electron chi connectivity index (χ3n) is 4.86. The second-order valence-corrected chi connectivity index (χ2v) is 6.87. The maximum Gasteiger partial charge on any atom is 0.279 e. The average molecular weight is 348 g/mol. The Morgan fingerprint density at radius 1 is 1.12 bits per heavy atom. The van der Waals surface area contributed by atoms with E-state index in [0.717, 1.165) is 11.4 Å². The summed E-state index contributed by atoms with van der Waals surface area (Å²) in [7, 11) is 0. The predicted molar refractivity (Wildman–Crippen MR) is 103 cm³/mol. The number of H-pyrrole nitrogens is 1. The Bertz CT molecular complexity index is 1040. The molecule has 2 aromatic carbocycles. The van der Waals surface area contributed by atoms with Gasteiger partial charge in [-0.05, 0) is 24.1 Å². The van der Waals surface area contributed by atoms with Gasteiger partial charge in [0.1, 0.15) is 0 Å². The molecular weight excluding hydrogens is 328 g/mol. The zero-order valence-corrected chi connectivity index (χ0v) is 14.7. The fourth-order valence-corrected chi connectivity index (χ4v) is 3.35. The molecule has 1 aliphatic heterocycles. The van der Waals surface area contributed by atoms with Gasteiger partial charge in [0.2, 0.25) is 0 Å². The molecule has 0 aliphatic carbocycles. The highest BCUT2D eigenvalue weighted by Gasteiger charge is 2.31. The van der Waals surface area contributed by atoms with Gasteiger partial charge in [-0.25, -0.2) is 5.10 Å². The van der Waals surface area contributed by atoms with Crippen molar-refractivity contribution in [2.75, 3.05) is 16.8 Å². The molecule has 26 heavy (non-hydrogen) atoms. The van der Waals surface area contributed by atoms with E-state index >= 15 is 0 Å². The van der Waals surface area contributed by atoms with Crippen molar-refractivity contribution >= 4 is 28.1 Å². The maximum absolute atomic E-state index is 13.4. The largest absolute Gasteiger partial charge is 0.379 e. The minimum absolute atomic E-state index is 0.142. The zero-order valence-electron chi connectivity index (χ0n) is 14.7. The molecule has 0 fully saturated rings. The number of aromatic amines is 1. The number of fused-ring (bicyclic) bond motifs is 2. The normalized spacial score (nSPS) is 16.4. The second kappa shape index (κ2) is 6.29. The van der Waals surface area contributed by atoms with Crippen LogP contribution in [0.2, 0.25) is 0 Å². The predicted octanol–water partition coefficient (Wildman–Crippen LogP) is 3.02.